The second-order valence-electron chi connectivity index (χ2n) is 4.18. The summed E-state index contributed by atoms with van der Waals surface area (Å²) < 4.78 is 5.33. The van der Waals surface area contributed by atoms with E-state index in [1.54, 1.807) is 6.26 Å². The normalized spacial score (nSPS) is 17.7. The third kappa shape index (κ3) is 2.39. The van der Waals surface area contributed by atoms with Crippen LogP contribution in [0.1, 0.15) is 17.7 Å². The summed E-state index contributed by atoms with van der Waals surface area (Å²) in [7, 11) is 0. The van der Waals surface area contributed by atoms with E-state index < -0.39 is 5.97 Å². The number of likely N-dealkylation sites (tertiary alicyclic amines) is 1. The Hall–Kier alpha value is -1.29. The molecule has 0 atom stereocenters. The summed E-state index contributed by atoms with van der Waals surface area (Å²) in [5.41, 5.74) is 1.16. The Morgan fingerprint density at radius 2 is 2.40 bits per heavy atom. The molecule has 0 aromatic carbocycles. The van der Waals surface area contributed by atoms with Crippen LogP contribution >= 0.6 is 0 Å². The maximum absolute atomic E-state index is 10.4. The maximum Gasteiger partial charge on any atom is 0.303 e. The average molecular weight is 209 g/mol. The van der Waals surface area contributed by atoms with Gasteiger partial charge < -0.3 is 9.52 Å². The molecule has 0 aliphatic carbocycles. The fourth-order valence-corrected chi connectivity index (χ4v) is 1.95. The summed E-state index contributed by atoms with van der Waals surface area (Å²) in [5, 5.41) is 8.60. The van der Waals surface area contributed by atoms with Crippen molar-refractivity contribution in [1.29, 1.82) is 0 Å². The van der Waals surface area contributed by atoms with E-state index in [4.69, 9.17) is 9.52 Å². The standard InChI is InChI=1S/C11H15NO3/c1-8-2-3-15-10(8)7-12-5-9(6-12)4-11(13)14/h2-3,9H,4-7H2,1H3,(H,13,14). The molecule has 4 heteroatoms. The summed E-state index contributed by atoms with van der Waals surface area (Å²) in [6.07, 6.45) is 1.98. The van der Waals surface area contributed by atoms with Crippen molar-refractivity contribution in [1.82, 2.24) is 4.90 Å². The Morgan fingerprint density at radius 1 is 1.67 bits per heavy atom. The molecule has 1 saturated heterocycles. The Morgan fingerprint density at radius 3 is 2.93 bits per heavy atom. The van der Waals surface area contributed by atoms with Crippen molar-refractivity contribution in [2.45, 2.75) is 19.9 Å². The molecule has 0 saturated carbocycles. The van der Waals surface area contributed by atoms with Gasteiger partial charge >= 0.3 is 5.97 Å². The van der Waals surface area contributed by atoms with Crippen molar-refractivity contribution in [3.05, 3.63) is 23.7 Å². The molecule has 1 fully saturated rings. The molecule has 0 amide bonds. The first-order chi connectivity index (χ1) is 7.15. The molecular weight excluding hydrogens is 194 g/mol. The number of carboxylic acids is 1. The van der Waals surface area contributed by atoms with Crippen molar-refractivity contribution in [2.75, 3.05) is 13.1 Å². The summed E-state index contributed by atoms with van der Waals surface area (Å²) in [6.45, 7) is 4.56. The molecule has 4 nitrogen and oxygen atoms in total. The predicted molar refractivity (Wildman–Crippen MR) is 54.5 cm³/mol. The zero-order valence-corrected chi connectivity index (χ0v) is 8.77. The van der Waals surface area contributed by atoms with E-state index in [0.29, 0.717) is 5.92 Å². The van der Waals surface area contributed by atoms with Crippen molar-refractivity contribution in [3.8, 4) is 0 Å². The molecule has 2 heterocycles. The van der Waals surface area contributed by atoms with Gasteiger partial charge in [0.25, 0.3) is 0 Å². The quantitative estimate of drug-likeness (QED) is 0.816. The van der Waals surface area contributed by atoms with Crippen molar-refractivity contribution in [3.63, 3.8) is 0 Å². The van der Waals surface area contributed by atoms with Crippen LogP contribution in [0.2, 0.25) is 0 Å². The minimum atomic E-state index is -0.700. The number of furan rings is 1. The fraction of sp³-hybridized carbons (Fsp3) is 0.545. The van der Waals surface area contributed by atoms with E-state index in [1.807, 2.05) is 13.0 Å². The van der Waals surface area contributed by atoms with E-state index in [0.717, 1.165) is 31.0 Å². The van der Waals surface area contributed by atoms with Crippen LogP contribution in [0, 0.1) is 12.8 Å². The van der Waals surface area contributed by atoms with Gasteiger partial charge in [0, 0.05) is 13.1 Å². The molecular formula is C11H15NO3. The number of hydrogen-bond acceptors (Lipinski definition) is 3. The van der Waals surface area contributed by atoms with Gasteiger partial charge in [-0.25, -0.2) is 0 Å². The number of aryl methyl sites for hydroxylation is 1. The third-order valence-electron chi connectivity index (χ3n) is 2.83. The minimum Gasteiger partial charge on any atom is -0.481 e. The van der Waals surface area contributed by atoms with Crippen LogP contribution in [0.4, 0.5) is 0 Å². The van der Waals surface area contributed by atoms with Crippen LogP contribution in [0.15, 0.2) is 16.7 Å². The molecule has 1 aliphatic rings. The Balaban J connectivity index is 1.77. The first-order valence-electron chi connectivity index (χ1n) is 5.12. The average Bonchev–Trinajstić information content (AvgIpc) is 2.47. The number of rotatable bonds is 4. The van der Waals surface area contributed by atoms with Gasteiger partial charge in [-0.05, 0) is 24.5 Å². The molecule has 0 spiro atoms. The molecule has 2 rings (SSSR count). The topological polar surface area (TPSA) is 53.7 Å². The van der Waals surface area contributed by atoms with E-state index in [1.165, 1.54) is 0 Å². The van der Waals surface area contributed by atoms with Gasteiger partial charge in [-0.2, -0.15) is 0 Å². The Bertz CT molecular complexity index is 352. The van der Waals surface area contributed by atoms with E-state index >= 15 is 0 Å². The van der Waals surface area contributed by atoms with E-state index in [9.17, 15) is 4.79 Å². The number of carbonyl (C=O) groups is 1. The SMILES string of the molecule is Cc1ccoc1CN1CC(CC(=O)O)C1. The second-order valence-corrected chi connectivity index (χ2v) is 4.18. The lowest BCUT2D eigenvalue weighted by Gasteiger charge is -2.38. The molecule has 0 unspecified atom stereocenters. The van der Waals surface area contributed by atoms with Crippen LogP contribution in [-0.2, 0) is 11.3 Å². The van der Waals surface area contributed by atoms with Crippen molar-refractivity contribution in [2.24, 2.45) is 5.92 Å². The van der Waals surface area contributed by atoms with E-state index in [-0.39, 0.29) is 6.42 Å². The zero-order valence-electron chi connectivity index (χ0n) is 8.77. The van der Waals surface area contributed by atoms with Gasteiger partial charge in [-0.15, -0.1) is 0 Å². The highest BCUT2D eigenvalue weighted by Gasteiger charge is 2.29. The smallest absolute Gasteiger partial charge is 0.303 e. The van der Waals surface area contributed by atoms with E-state index in [2.05, 4.69) is 4.90 Å². The van der Waals surface area contributed by atoms with Gasteiger partial charge in [0.1, 0.15) is 5.76 Å². The Kier molecular flexibility index (Phi) is 2.77. The molecule has 1 aliphatic heterocycles. The fourth-order valence-electron chi connectivity index (χ4n) is 1.95. The third-order valence-corrected chi connectivity index (χ3v) is 2.83. The highest BCUT2D eigenvalue weighted by Crippen LogP contribution is 2.22. The Labute approximate surface area is 88.5 Å². The molecule has 82 valence electrons. The monoisotopic (exact) mass is 209 g/mol. The van der Waals surface area contributed by atoms with Crippen LogP contribution in [0.3, 0.4) is 0 Å². The second kappa shape index (κ2) is 4.06. The summed E-state index contributed by atoms with van der Waals surface area (Å²) in [6, 6.07) is 1.95. The molecule has 1 aromatic heterocycles. The molecule has 1 aromatic rings. The first-order valence-corrected chi connectivity index (χ1v) is 5.12. The maximum atomic E-state index is 10.4. The summed E-state index contributed by atoms with van der Waals surface area (Å²) in [4.78, 5) is 12.7. The molecule has 0 bridgehead atoms. The van der Waals surface area contributed by atoms with Crippen molar-refractivity contribution < 1.29 is 14.3 Å². The van der Waals surface area contributed by atoms with Gasteiger partial charge in [-0.1, -0.05) is 0 Å². The predicted octanol–water partition coefficient (Wildman–Crippen LogP) is 1.49. The first kappa shape index (κ1) is 10.2. The number of aliphatic carboxylic acids is 1. The zero-order chi connectivity index (χ0) is 10.8. The summed E-state index contributed by atoms with van der Waals surface area (Å²) in [5.74, 6) is 0.607. The van der Waals surface area contributed by atoms with Crippen LogP contribution in [0.5, 0.6) is 0 Å². The largest absolute Gasteiger partial charge is 0.481 e. The van der Waals surface area contributed by atoms with Gasteiger partial charge in [0.15, 0.2) is 0 Å². The molecule has 1 N–H and O–H groups in total. The lowest BCUT2D eigenvalue weighted by molar-refractivity contribution is -0.139. The van der Waals surface area contributed by atoms with Gasteiger partial charge in [0.2, 0.25) is 0 Å². The van der Waals surface area contributed by atoms with Crippen LogP contribution < -0.4 is 0 Å². The number of carboxylic acid groups (broad SMARTS) is 1. The molecule has 15 heavy (non-hydrogen) atoms. The van der Waals surface area contributed by atoms with Crippen LogP contribution in [0.25, 0.3) is 0 Å². The molecule has 0 radical (unpaired) electrons. The van der Waals surface area contributed by atoms with Gasteiger partial charge in [0.05, 0.1) is 19.2 Å². The summed E-state index contributed by atoms with van der Waals surface area (Å²) >= 11 is 0. The number of hydrogen-bond donors (Lipinski definition) is 1. The minimum absolute atomic E-state index is 0.285. The highest BCUT2D eigenvalue weighted by molar-refractivity contribution is 5.67. The lowest BCUT2D eigenvalue weighted by atomic mass is 9.96. The number of nitrogens with zero attached hydrogens (tertiary/aromatic N) is 1. The van der Waals surface area contributed by atoms with Gasteiger partial charge in [-0.3, -0.25) is 9.69 Å². The van der Waals surface area contributed by atoms with Crippen molar-refractivity contribution >= 4 is 5.97 Å². The highest BCUT2D eigenvalue weighted by atomic mass is 16.4. The van der Waals surface area contributed by atoms with Crippen LogP contribution in [-0.4, -0.2) is 29.1 Å². The lowest BCUT2D eigenvalue weighted by Crippen LogP contribution is -2.46.